The normalized spacial score (nSPS) is 12.7. The van der Waals surface area contributed by atoms with E-state index in [9.17, 15) is 10.1 Å². The van der Waals surface area contributed by atoms with Crippen molar-refractivity contribution in [1.29, 1.82) is 5.26 Å². The molecule has 1 aliphatic rings. The summed E-state index contributed by atoms with van der Waals surface area (Å²) in [6.45, 7) is 0.265. The molecular formula is C34H27N3O2S. The second-order valence-electron chi connectivity index (χ2n) is 9.73. The molecule has 0 radical (unpaired) electrons. The molecule has 40 heavy (non-hydrogen) atoms. The van der Waals surface area contributed by atoms with Gasteiger partial charge in [-0.25, -0.2) is 4.99 Å². The number of carbonyl (C=O) groups excluding carboxylic acids is 1. The summed E-state index contributed by atoms with van der Waals surface area (Å²) in [6.07, 6.45) is 5.89. The summed E-state index contributed by atoms with van der Waals surface area (Å²) in [7, 11) is 0. The number of para-hydroxylation sites is 1. The standard InChI is InChI=1S/C34H27N3O2S/c35-20-24-11-4-5-12-25(24)22-39-30-19-18-23-10-6-7-15-27(23)29(30)21-36-34-32(28-16-8-9-17-31(28)40-34)33(38)37-26-13-2-1-3-14-26/h1-7,10-15,18-19,21H,8-9,16-17,22H2,(H,37,38). The van der Waals surface area contributed by atoms with Gasteiger partial charge in [0.1, 0.15) is 17.4 Å². The molecule has 1 N–H and O–H groups in total. The fourth-order valence-corrected chi connectivity index (χ4v) is 6.39. The van der Waals surface area contributed by atoms with Crippen molar-refractivity contribution in [3.05, 3.63) is 124 Å². The van der Waals surface area contributed by atoms with Crippen molar-refractivity contribution in [2.75, 3.05) is 5.32 Å². The third kappa shape index (κ3) is 5.25. The summed E-state index contributed by atoms with van der Waals surface area (Å²) in [4.78, 5) is 19.7. The van der Waals surface area contributed by atoms with Gasteiger partial charge in [-0.05, 0) is 66.3 Å². The van der Waals surface area contributed by atoms with Crippen LogP contribution in [0.3, 0.4) is 0 Å². The number of amides is 1. The third-order valence-electron chi connectivity index (χ3n) is 7.17. The van der Waals surface area contributed by atoms with Crippen LogP contribution in [0.1, 0.15) is 50.3 Å². The Morgan fingerprint density at radius 1 is 0.950 bits per heavy atom. The fraction of sp³-hybridized carbons (Fsp3) is 0.147. The van der Waals surface area contributed by atoms with Crippen molar-refractivity contribution in [3.8, 4) is 11.8 Å². The van der Waals surface area contributed by atoms with Gasteiger partial charge in [-0.15, -0.1) is 11.3 Å². The number of ether oxygens (including phenoxy) is 1. The maximum absolute atomic E-state index is 13.5. The minimum Gasteiger partial charge on any atom is -0.488 e. The minimum atomic E-state index is -0.125. The Labute approximate surface area is 237 Å². The summed E-state index contributed by atoms with van der Waals surface area (Å²) in [6, 6.07) is 31.3. The van der Waals surface area contributed by atoms with Crippen LogP contribution in [0.5, 0.6) is 5.75 Å². The first-order chi connectivity index (χ1) is 19.7. The Balaban J connectivity index is 1.38. The van der Waals surface area contributed by atoms with Gasteiger partial charge in [0.15, 0.2) is 0 Å². The molecule has 1 heterocycles. The molecule has 6 rings (SSSR count). The van der Waals surface area contributed by atoms with Crippen molar-refractivity contribution in [2.24, 2.45) is 4.99 Å². The lowest BCUT2D eigenvalue weighted by atomic mass is 9.95. The van der Waals surface area contributed by atoms with Gasteiger partial charge >= 0.3 is 0 Å². The fourth-order valence-electron chi connectivity index (χ4n) is 5.16. The number of anilines is 1. The van der Waals surface area contributed by atoms with Gasteiger partial charge in [-0.3, -0.25) is 4.79 Å². The molecule has 0 fully saturated rings. The van der Waals surface area contributed by atoms with E-state index in [-0.39, 0.29) is 12.5 Å². The highest BCUT2D eigenvalue weighted by Crippen LogP contribution is 2.40. The first-order valence-electron chi connectivity index (χ1n) is 13.4. The van der Waals surface area contributed by atoms with E-state index in [1.165, 1.54) is 4.88 Å². The molecule has 6 heteroatoms. The number of benzene rings is 4. The van der Waals surface area contributed by atoms with E-state index >= 15 is 0 Å². The van der Waals surface area contributed by atoms with Gasteiger partial charge in [0.05, 0.1) is 17.2 Å². The van der Waals surface area contributed by atoms with Gasteiger partial charge < -0.3 is 10.1 Å². The number of hydrogen-bond acceptors (Lipinski definition) is 5. The number of nitrogens with zero attached hydrogens (tertiary/aromatic N) is 2. The summed E-state index contributed by atoms with van der Waals surface area (Å²) in [5, 5.41) is 15.4. The van der Waals surface area contributed by atoms with Gasteiger partial charge in [0.25, 0.3) is 5.91 Å². The van der Waals surface area contributed by atoms with Crippen LogP contribution in [-0.4, -0.2) is 12.1 Å². The summed E-state index contributed by atoms with van der Waals surface area (Å²) in [5.74, 6) is 0.548. The molecule has 0 bridgehead atoms. The first-order valence-corrected chi connectivity index (χ1v) is 14.2. The molecule has 1 aromatic heterocycles. The summed E-state index contributed by atoms with van der Waals surface area (Å²) in [5.41, 5.74) is 4.82. The van der Waals surface area contributed by atoms with Crippen LogP contribution in [0.4, 0.5) is 10.7 Å². The average molecular weight is 542 g/mol. The quantitative estimate of drug-likeness (QED) is 0.211. The van der Waals surface area contributed by atoms with Gasteiger partial charge in [0, 0.05) is 27.9 Å². The Kier molecular flexibility index (Phi) is 7.39. The highest BCUT2D eigenvalue weighted by molar-refractivity contribution is 7.16. The molecule has 0 saturated heterocycles. The van der Waals surface area contributed by atoms with Crippen molar-refractivity contribution >= 4 is 44.9 Å². The first kappa shape index (κ1) is 25.5. The molecule has 0 spiro atoms. The van der Waals surface area contributed by atoms with Gasteiger partial charge in [-0.1, -0.05) is 66.7 Å². The van der Waals surface area contributed by atoms with Crippen LogP contribution < -0.4 is 10.1 Å². The topological polar surface area (TPSA) is 74.5 Å². The van der Waals surface area contributed by atoms with Crippen LogP contribution in [0.2, 0.25) is 0 Å². The van der Waals surface area contributed by atoms with E-state index < -0.39 is 0 Å². The molecule has 196 valence electrons. The maximum atomic E-state index is 13.5. The highest BCUT2D eigenvalue weighted by Gasteiger charge is 2.25. The van der Waals surface area contributed by atoms with Crippen molar-refractivity contribution < 1.29 is 9.53 Å². The van der Waals surface area contributed by atoms with Crippen LogP contribution in [-0.2, 0) is 19.4 Å². The lowest BCUT2D eigenvalue weighted by Gasteiger charge is -2.13. The molecule has 5 nitrogen and oxygen atoms in total. The van der Waals surface area contributed by atoms with Gasteiger partial charge in [-0.2, -0.15) is 5.26 Å². The number of hydrogen-bond donors (Lipinski definition) is 1. The molecule has 0 unspecified atom stereocenters. The largest absolute Gasteiger partial charge is 0.488 e. The molecule has 1 amide bonds. The highest BCUT2D eigenvalue weighted by atomic mass is 32.1. The number of carbonyl (C=O) groups is 1. The number of rotatable bonds is 7. The van der Waals surface area contributed by atoms with Crippen molar-refractivity contribution in [2.45, 2.75) is 32.3 Å². The summed E-state index contributed by atoms with van der Waals surface area (Å²) >= 11 is 1.61. The second-order valence-corrected chi connectivity index (χ2v) is 10.8. The smallest absolute Gasteiger partial charge is 0.259 e. The van der Waals surface area contributed by atoms with Crippen molar-refractivity contribution in [3.63, 3.8) is 0 Å². The molecule has 1 aliphatic carbocycles. The Hall–Kier alpha value is -4.73. The Bertz CT molecular complexity index is 1770. The second kappa shape index (κ2) is 11.6. The van der Waals surface area contributed by atoms with Crippen LogP contribution in [0.15, 0.2) is 96.0 Å². The number of thiophene rings is 1. The number of nitriles is 1. The molecule has 0 atom stereocenters. The van der Waals surface area contributed by atoms with Crippen LogP contribution >= 0.6 is 11.3 Å². The lowest BCUT2D eigenvalue weighted by molar-refractivity contribution is 0.102. The molecule has 5 aromatic rings. The predicted molar refractivity (Wildman–Crippen MR) is 162 cm³/mol. The molecule has 0 saturated carbocycles. The van der Waals surface area contributed by atoms with Crippen LogP contribution in [0, 0.1) is 11.3 Å². The lowest BCUT2D eigenvalue weighted by Crippen LogP contribution is -2.14. The predicted octanol–water partition coefficient (Wildman–Crippen LogP) is 8.23. The Morgan fingerprint density at radius 2 is 1.73 bits per heavy atom. The minimum absolute atomic E-state index is 0.125. The van der Waals surface area contributed by atoms with E-state index in [0.29, 0.717) is 21.9 Å². The molecule has 4 aromatic carbocycles. The number of fused-ring (bicyclic) bond motifs is 2. The zero-order valence-electron chi connectivity index (χ0n) is 21.9. The Morgan fingerprint density at radius 3 is 2.60 bits per heavy atom. The number of nitrogens with one attached hydrogen (secondary N) is 1. The van der Waals surface area contributed by atoms with Crippen LogP contribution in [0.25, 0.3) is 10.8 Å². The zero-order valence-corrected chi connectivity index (χ0v) is 22.7. The monoisotopic (exact) mass is 541 g/mol. The van der Waals surface area contributed by atoms with Crippen molar-refractivity contribution in [1.82, 2.24) is 0 Å². The summed E-state index contributed by atoms with van der Waals surface area (Å²) < 4.78 is 6.28. The molecular weight excluding hydrogens is 514 g/mol. The third-order valence-corrected chi connectivity index (χ3v) is 8.37. The van der Waals surface area contributed by atoms with E-state index in [1.54, 1.807) is 17.4 Å². The average Bonchev–Trinajstić information content (AvgIpc) is 3.38. The van der Waals surface area contributed by atoms with E-state index in [1.807, 2.05) is 79.0 Å². The molecule has 0 aliphatic heterocycles. The van der Waals surface area contributed by atoms with Gasteiger partial charge in [0.2, 0.25) is 0 Å². The zero-order chi connectivity index (χ0) is 27.3. The van der Waals surface area contributed by atoms with E-state index in [0.717, 1.165) is 58.8 Å². The SMILES string of the molecule is N#Cc1ccccc1COc1ccc2ccccc2c1C=Nc1sc2c(c1C(=O)Nc1ccccc1)CCCC2. The number of aryl methyl sites for hydroxylation is 1. The van der Waals surface area contributed by atoms with E-state index in [2.05, 4.69) is 23.5 Å². The van der Waals surface area contributed by atoms with E-state index in [4.69, 9.17) is 9.73 Å². The maximum Gasteiger partial charge on any atom is 0.259 e. The number of aliphatic imine (C=N–C) groups is 1.